The Bertz CT molecular complexity index is 1270. The second-order valence-electron chi connectivity index (χ2n) is 9.22. The third-order valence-corrected chi connectivity index (χ3v) is 5.50. The summed E-state index contributed by atoms with van der Waals surface area (Å²) >= 11 is 0. The van der Waals surface area contributed by atoms with Gasteiger partial charge in [0.2, 0.25) is 5.90 Å². The summed E-state index contributed by atoms with van der Waals surface area (Å²) in [4.78, 5) is 16.9. The first kappa shape index (κ1) is 24.2. The average Bonchev–Trinajstić information content (AvgIpc) is 3.19. The number of halogens is 1. The number of esters is 1. The van der Waals surface area contributed by atoms with Crippen LogP contribution >= 0.6 is 0 Å². The number of nitrogens with zero attached hydrogens (tertiary/aromatic N) is 1. The molecule has 1 aliphatic heterocycles. The van der Waals surface area contributed by atoms with E-state index in [0.717, 1.165) is 16.7 Å². The van der Waals surface area contributed by atoms with Crippen LogP contribution in [-0.2, 0) is 21.6 Å². The Hall–Kier alpha value is -3.93. The van der Waals surface area contributed by atoms with Crippen molar-refractivity contribution in [2.75, 3.05) is 6.61 Å². The van der Waals surface area contributed by atoms with Crippen molar-refractivity contribution >= 4 is 17.9 Å². The monoisotopic (exact) mass is 473 g/mol. The second-order valence-corrected chi connectivity index (χ2v) is 9.22. The van der Waals surface area contributed by atoms with Gasteiger partial charge in [0.25, 0.3) is 0 Å². The van der Waals surface area contributed by atoms with Gasteiger partial charge in [-0.15, -0.1) is 0 Å². The van der Waals surface area contributed by atoms with Crippen molar-refractivity contribution in [3.63, 3.8) is 0 Å². The smallest absolute Gasteiger partial charge is 0.363 e. The van der Waals surface area contributed by atoms with Crippen LogP contribution in [0, 0.1) is 5.82 Å². The van der Waals surface area contributed by atoms with Crippen molar-refractivity contribution in [1.29, 1.82) is 0 Å². The third-order valence-electron chi connectivity index (χ3n) is 5.50. The number of aliphatic imine (C=N–C) groups is 1. The highest BCUT2D eigenvalue weighted by Crippen LogP contribution is 2.31. The maximum Gasteiger partial charge on any atom is 0.363 e. The van der Waals surface area contributed by atoms with Gasteiger partial charge < -0.3 is 14.2 Å². The number of benzene rings is 3. The number of hydrogen-bond acceptors (Lipinski definition) is 5. The minimum atomic E-state index is -0.505. The zero-order chi connectivity index (χ0) is 25.0. The fraction of sp³-hybridized carbons (Fsp3) is 0.241. The molecular formula is C29H28FNO4. The lowest BCUT2D eigenvalue weighted by atomic mass is 9.87. The normalized spacial score (nSPS) is 14.6. The fourth-order valence-corrected chi connectivity index (χ4v) is 3.55. The Labute approximate surface area is 204 Å². The lowest BCUT2D eigenvalue weighted by Crippen LogP contribution is -2.11. The van der Waals surface area contributed by atoms with E-state index in [1.165, 1.54) is 17.7 Å². The van der Waals surface area contributed by atoms with Crippen LogP contribution in [0.25, 0.3) is 6.08 Å². The van der Waals surface area contributed by atoms with Crippen molar-refractivity contribution in [2.24, 2.45) is 4.99 Å². The molecule has 35 heavy (non-hydrogen) atoms. The van der Waals surface area contributed by atoms with Crippen LogP contribution < -0.4 is 9.47 Å². The third kappa shape index (κ3) is 5.96. The summed E-state index contributed by atoms with van der Waals surface area (Å²) in [5.74, 6) is 0.576. The molecule has 0 bridgehead atoms. The van der Waals surface area contributed by atoms with Crippen molar-refractivity contribution in [3.05, 3.63) is 100 Å². The Morgan fingerprint density at radius 2 is 1.66 bits per heavy atom. The summed E-state index contributed by atoms with van der Waals surface area (Å²) in [5.41, 5.74) is 3.74. The molecule has 3 aromatic carbocycles. The number of cyclic esters (lactones) is 1. The number of carbonyl (C=O) groups is 1. The van der Waals surface area contributed by atoms with Gasteiger partial charge >= 0.3 is 5.97 Å². The molecule has 0 radical (unpaired) electrons. The molecule has 6 heteroatoms. The molecule has 0 saturated heterocycles. The van der Waals surface area contributed by atoms with Crippen LogP contribution in [0.5, 0.6) is 11.5 Å². The van der Waals surface area contributed by atoms with Gasteiger partial charge in [-0.25, -0.2) is 14.2 Å². The van der Waals surface area contributed by atoms with E-state index in [9.17, 15) is 9.18 Å². The standard InChI is InChI=1S/C29H28FNO4/c1-5-33-26-17-20(8-15-25(26)34-18-19-6-13-23(30)14-7-19)16-24-28(32)35-27(31-24)21-9-11-22(12-10-21)29(2,3)4/h6-17H,5,18H2,1-4H3/b24-16+. The Kier molecular flexibility index (Phi) is 7.01. The molecule has 0 unspecified atom stereocenters. The SMILES string of the molecule is CCOc1cc(/C=C2/N=C(c3ccc(C(C)(C)C)cc3)OC2=O)ccc1OCc1ccc(F)cc1. The molecule has 3 aromatic rings. The van der Waals surface area contributed by atoms with Crippen LogP contribution in [0.3, 0.4) is 0 Å². The van der Waals surface area contributed by atoms with Crippen molar-refractivity contribution < 1.29 is 23.4 Å². The van der Waals surface area contributed by atoms with Crippen LogP contribution in [0.15, 0.2) is 77.4 Å². The van der Waals surface area contributed by atoms with Gasteiger partial charge in [-0.3, -0.25) is 0 Å². The highest BCUT2D eigenvalue weighted by Gasteiger charge is 2.25. The predicted octanol–water partition coefficient (Wildman–Crippen LogP) is 6.45. The molecule has 0 spiro atoms. The van der Waals surface area contributed by atoms with Gasteiger partial charge in [-0.2, -0.15) is 0 Å². The molecule has 0 saturated carbocycles. The second kappa shape index (κ2) is 10.1. The summed E-state index contributed by atoms with van der Waals surface area (Å²) in [6.45, 7) is 9.03. The van der Waals surface area contributed by atoms with Gasteiger partial charge in [0, 0.05) is 5.56 Å². The molecule has 0 aromatic heterocycles. The summed E-state index contributed by atoms with van der Waals surface area (Å²) in [7, 11) is 0. The van der Waals surface area contributed by atoms with E-state index < -0.39 is 5.97 Å². The fourth-order valence-electron chi connectivity index (χ4n) is 3.55. The first-order chi connectivity index (χ1) is 16.7. The first-order valence-corrected chi connectivity index (χ1v) is 11.5. The van der Waals surface area contributed by atoms with E-state index in [4.69, 9.17) is 14.2 Å². The topological polar surface area (TPSA) is 57.1 Å². The predicted molar refractivity (Wildman–Crippen MR) is 134 cm³/mol. The number of hydrogen-bond donors (Lipinski definition) is 0. The minimum absolute atomic E-state index is 0.0327. The van der Waals surface area contributed by atoms with Crippen LogP contribution in [0.1, 0.15) is 49.9 Å². The molecule has 4 rings (SSSR count). The van der Waals surface area contributed by atoms with Crippen LogP contribution in [0.4, 0.5) is 4.39 Å². The molecule has 1 heterocycles. The molecule has 180 valence electrons. The molecular weight excluding hydrogens is 445 g/mol. The minimum Gasteiger partial charge on any atom is -0.490 e. The first-order valence-electron chi connectivity index (χ1n) is 11.5. The molecule has 1 aliphatic rings. The van der Waals surface area contributed by atoms with Crippen LogP contribution in [-0.4, -0.2) is 18.5 Å². The number of carbonyl (C=O) groups excluding carboxylic acids is 1. The zero-order valence-electron chi connectivity index (χ0n) is 20.3. The van der Waals surface area contributed by atoms with E-state index in [0.29, 0.717) is 18.1 Å². The number of rotatable bonds is 7. The van der Waals surface area contributed by atoms with E-state index in [1.807, 2.05) is 37.3 Å². The van der Waals surface area contributed by atoms with Gasteiger partial charge in [0.15, 0.2) is 17.2 Å². The van der Waals surface area contributed by atoms with E-state index in [-0.39, 0.29) is 29.4 Å². The summed E-state index contributed by atoms with van der Waals surface area (Å²) in [6, 6.07) is 19.4. The van der Waals surface area contributed by atoms with E-state index in [1.54, 1.807) is 30.3 Å². The molecule has 0 fully saturated rings. The maximum absolute atomic E-state index is 13.1. The van der Waals surface area contributed by atoms with Crippen molar-refractivity contribution in [1.82, 2.24) is 0 Å². The quantitative estimate of drug-likeness (QED) is 0.292. The highest BCUT2D eigenvalue weighted by molar-refractivity contribution is 6.12. The Morgan fingerprint density at radius 3 is 2.31 bits per heavy atom. The van der Waals surface area contributed by atoms with Gasteiger partial charge in [0.1, 0.15) is 12.4 Å². The summed E-state index contributed by atoms with van der Waals surface area (Å²) in [6.07, 6.45) is 1.66. The van der Waals surface area contributed by atoms with E-state index >= 15 is 0 Å². The lowest BCUT2D eigenvalue weighted by molar-refractivity contribution is -0.129. The average molecular weight is 474 g/mol. The zero-order valence-corrected chi connectivity index (χ0v) is 20.3. The molecule has 0 amide bonds. The van der Waals surface area contributed by atoms with Gasteiger partial charge in [0.05, 0.1) is 6.61 Å². The van der Waals surface area contributed by atoms with Gasteiger partial charge in [-0.1, -0.05) is 51.1 Å². The highest BCUT2D eigenvalue weighted by atomic mass is 19.1. The number of ether oxygens (including phenoxy) is 3. The van der Waals surface area contributed by atoms with Gasteiger partial charge in [-0.05, 0) is 71.5 Å². The molecule has 0 atom stereocenters. The molecule has 0 N–H and O–H groups in total. The van der Waals surface area contributed by atoms with E-state index in [2.05, 4.69) is 25.8 Å². The molecule has 5 nitrogen and oxygen atoms in total. The maximum atomic E-state index is 13.1. The summed E-state index contributed by atoms with van der Waals surface area (Å²) in [5, 5.41) is 0. The largest absolute Gasteiger partial charge is 0.490 e. The Balaban J connectivity index is 1.53. The lowest BCUT2D eigenvalue weighted by Gasteiger charge is -2.18. The van der Waals surface area contributed by atoms with Crippen LogP contribution in [0.2, 0.25) is 0 Å². The molecule has 0 aliphatic carbocycles. The Morgan fingerprint density at radius 1 is 0.943 bits per heavy atom. The summed E-state index contributed by atoms with van der Waals surface area (Å²) < 4.78 is 30.2. The van der Waals surface area contributed by atoms with Crippen molar-refractivity contribution in [3.8, 4) is 11.5 Å². The van der Waals surface area contributed by atoms with Crippen molar-refractivity contribution in [2.45, 2.75) is 39.7 Å².